The topological polar surface area (TPSA) is 76.3 Å². The van der Waals surface area contributed by atoms with Gasteiger partial charge in [-0.2, -0.15) is 0 Å². The second kappa shape index (κ2) is 6.50. The zero-order valence-electron chi connectivity index (χ0n) is 13.0. The number of carbonyl (C=O) groups is 2. The fourth-order valence-corrected chi connectivity index (χ4v) is 3.88. The van der Waals surface area contributed by atoms with Crippen molar-refractivity contribution in [3.8, 4) is 0 Å². The summed E-state index contributed by atoms with van der Waals surface area (Å²) in [6.07, 6.45) is 1.37. The number of nitrogens with zero attached hydrogens (tertiary/aromatic N) is 2. The molecule has 1 aromatic heterocycles. The molecule has 2 heterocycles. The smallest absolute Gasteiger partial charge is 0.265 e. The van der Waals surface area contributed by atoms with E-state index in [9.17, 15) is 9.59 Å². The van der Waals surface area contributed by atoms with Crippen LogP contribution < -0.4 is 5.73 Å². The van der Waals surface area contributed by atoms with Crippen LogP contribution in [0.1, 0.15) is 32.4 Å². The van der Waals surface area contributed by atoms with Crippen molar-refractivity contribution in [2.45, 2.75) is 19.8 Å². The van der Waals surface area contributed by atoms with Crippen molar-refractivity contribution in [2.75, 3.05) is 13.1 Å². The number of aromatic nitrogens is 1. The fraction of sp³-hybridized carbons (Fsp3) is 0.353. The molecule has 1 aliphatic rings. The first-order chi connectivity index (χ1) is 11.0. The molecule has 0 unspecified atom stereocenters. The summed E-state index contributed by atoms with van der Waals surface area (Å²) in [6.45, 7) is 2.86. The molecule has 1 fully saturated rings. The molecular weight excluding hydrogens is 310 g/mol. The molecule has 0 radical (unpaired) electrons. The number of nitrogens with two attached hydrogens (primary N) is 1. The molecule has 2 N–H and O–H groups in total. The molecule has 5 nitrogen and oxygen atoms in total. The Morgan fingerprint density at radius 3 is 2.74 bits per heavy atom. The number of hydrogen-bond acceptors (Lipinski definition) is 4. The second-order valence-electron chi connectivity index (χ2n) is 5.82. The summed E-state index contributed by atoms with van der Waals surface area (Å²) >= 11 is 1.44. The number of thiazole rings is 1. The highest BCUT2D eigenvalue weighted by Crippen LogP contribution is 2.25. The van der Waals surface area contributed by atoms with Crippen LogP contribution in [-0.2, 0) is 11.2 Å². The molecule has 3 rings (SSSR count). The van der Waals surface area contributed by atoms with Crippen LogP contribution in [-0.4, -0.2) is 34.8 Å². The number of likely N-dealkylation sites (tertiary alicyclic amines) is 1. The fourth-order valence-electron chi connectivity index (χ4n) is 2.82. The van der Waals surface area contributed by atoms with E-state index in [1.54, 1.807) is 4.90 Å². The molecule has 6 heteroatoms. The summed E-state index contributed by atoms with van der Waals surface area (Å²) in [4.78, 5) is 30.8. The summed E-state index contributed by atoms with van der Waals surface area (Å²) in [6, 6.07) is 10.1. The Balaban J connectivity index is 1.73. The lowest BCUT2D eigenvalue weighted by Gasteiger charge is -2.14. The summed E-state index contributed by atoms with van der Waals surface area (Å²) < 4.78 is 0. The molecule has 23 heavy (non-hydrogen) atoms. The van der Waals surface area contributed by atoms with Crippen molar-refractivity contribution in [1.29, 1.82) is 0 Å². The molecular formula is C17H19N3O2S. The van der Waals surface area contributed by atoms with E-state index in [-0.39, 0.29) is 17.7 Å². The number of primary amides is 1. The van der Waals surface area contributed by atoms with Gasteiger partial charge in [0.2, 0.25) is 5.91 Å². The number of benzene rings is 1. The van der Waals surface area contributed by atoms with Crippen molar-refractivity contribution < 1.29 is 9.59 Å². The monoisotopic (exact) mass is 329 g/mol. The third-order valence-corrected chi connectivity index (χ3v) is 5.26. The Hall–Kier alpha value is -2.21. The normalized spacial score (nSPS) is 17.4. The van der Waals surface area contributed by atoms with Crippen LogP contribution in [0.4, 0.5) is 0 Å². The third-order valence-electron chi connectivity index (χ3n) is 4.11. The van der Waals surface area contributed by atoms with E-state index in [1.807, 2.05) is 25.1 Å². The SMILES string of the molecule is Cc1nc(Cc2ccccc2)sc1C(=O)N1CC[C@@H](C(N)=O)C1. The van der Waals surface area contributed by atoms with Gasteiger partial charge in [-0.1, -0.05) is 30.3 Å². The van der Waals surface area contributed by atoms with Gasteiger partial charge in [-0.05, 0) is 18.9 Å². The molecule has 2 aromatic rings. The molecule has 2 amide bonds. The van der Waals surface area contributed by atoms with Crippen LogP contribution in [0.2, 0.25) is 0 Å². The molecule has 0 aliphatic carbocycles. The maximum atomic E-state index is 12.6. The highest BCUT2D eigenvalue weighted by molar-refractivity contribution is 7.13. The summed E-state index contributed by atoms with van der Waals surface area (Å²) in [7, 11) is 0. The van der Waals surface area contributed by atoms with Gasteiger partial charge in [-0.15, -0.1) is 11.3 Å². The van der Waals surface area contributed by atoms with Crippen molar-refractivity contribution in [1.82, 2.24) is 9.88 Å². The van der Waals surface area contributed by atoms with Crippen LogP contribution in [0.15, 0.2) is 30.3 Å². The quantitative estimate of drug-likeness (QED) is 0.932. The lowest BCUT2D eigenvalue weighted by atomic mass is 10.1. The van der Waals surface area contributed by atoms with Crippen LogP contribution in [0.25, 0.3) is 0 Å². The van der Waals surface area contributed by atoms with E-state index in [1.165, 1.54) is 16.9 Å². The van der Waals surface area contributed by atoms with Gasteiger partial charge in [0.1, 0.15) is 4.88 Å². The highest BCUT2D eigenvalue weighted by Gasteiger charge is 2.31. The van der Waals surface area contributed by atoms with E-state index in [4.69, 9.17) is 5.73 Å². The zero-order chi connectivity index (χ0) is 16.4. The highest BCUT2D eigenvalue weighted by atomic mass is 32.1. The van der Waals surface area contributed by atoms with Gasteiger partial charge in [0, 0.05) is 19.5 Å². The molecule has 0 saturated carbocycles. The summed E-state index contributed by atoms with van der Waals surface area (Å²) in [5, 5.41) is 0.933. The number of aryl methyl sites for hydroxylation is 1. The predicted octanol–water partition coefficient (Wildman–Crippen LogP) is 1.99. The average molecular weight is 329 g/mol. The minimum absolute atomic E-state index is 0.0388. The first-order valence-corrected chi connectivity index (χ1v) is 8.45. The molecule has 0 spiro atoms. The maximum Gasteiger partial charge on any atom is 0.265 e. The van der Waals surface area contributed by atoms with Crippen LogP contribution in [0.5, 0.6) is 0 Å². The van der Waals surface area contributed by atoms with E-state index < -0.39 is 0 Å². The Bertz CT molecular complexity index is 727. The molecule has 0 bridgehead atoms. The van der Waals surface area contributed by atoms with Gasteiger partial charge < -0.3 is 10.6 Å². The number of rotatable bonds is 4. The second-order valence-corrected chi connectivity index (χ2v) is 6.91. The van der Waals surface area contributed by atoms with Crippen molar-refractivity contribution >= 4 is 23.2 Å². The maximum absolute atomic E-state index is 12.6. The summed E-state index contributed by atoms with van der Waals surface area (Å²) in [5.41, 5.74) is 7.27. The lowest BCUT2D eigenvalue weighted by molar-refractivity contribution is -0.121. The average Bonchev–Trinajstić information content (AvgIpc) is 3.15. The Morgan fingerprint density at radius 1 is 1.35 bits per heavy atom. The Morgan fingerprint density at radius 2 is 2.09 bits per heavy atom. The Kier molecular flexibility index (Phi) is 4.43. The van der Waals surface area contributed by atoms with Gasteiger partial charge in [0.25, 0.3) is 5.91 Å². The first-order valence-electron chi connectivity index (χ1n) is 7.63. The number of carbonyl (C=O) groups excluding carboxylic acids is 2. The molecule has 1 atom stereocenters. The van der Waals surface area contributed by atoms with E-state index in [0.29, 0.717) is 24.4 Å². The zero-order valence-corrected chi connectivity index (χ0v) is 13.8. The van der Waals surface area contributed by atoms with Gasteiger partial charge in [0.15, 0.2) is 0 Å². The molecule has 1 aromatic carbocycles. The largest absolute Gasteiger partial charge is 0.369 e. The molecule has 120 valence electrons. The minimum Gasteiger partial charge on any atom is -0.369 e. The van der Waals surface area contributed by atoms with E-state index >= 15 is 0 Å². The van der Waals surface area contributed by atoms with Crippen LogP contribution in [0, 0.1) is 12.8 Å². The Labute approximate surface area is 139 Å². The van der Waals surface area contributed by atoms with Crippen LogP contribution >= 0.6 is 11.3 Å². The van der Waals surface area contributed by atoms with E-state index in [0.717, 1.165) is 17.1 Å². The van der Waals surface area contributed by atoms with Crippen molar-refractivity contribution in [3.63, 3.8) is 0 Å². The number of hydrogen-bond donors (Lipinski definition) is 1. The van der Waals surface area contributed by atoms with Gasteiger partial charge in [-0.25, -0.2) is 4.98 Å². The minimum atomic E-state index is -0.328. The van der Waals surface area contributed by atoms with Crippen LogP contribution in [0.3, 0.4) is 0 Å². The standard InChI is InChI=1S/C17H19N3O2S/c1-11-15(17(22)20-8-7-13(10-20)16(18)21)23-14(19-11)9-12-5-3-2-4-6-12/h2-6,13H,7-10H2,1H3,(H2,18,21)/t13-/m1/s1. The lowest BCUT2D eigenvalue weighted by Crippen LogP contribution is -2.31. The van der Waals surface area contributed by atoms with Crippen molar-refractivity contribution in [3.05, 3.63) is 51.5 Å². The van der Waals surface area contributed by atoms with Gasteiger partial charge >= 0.3 is 0 Å². The number of amides is 2. The molecule has 1 saturated heterocycles. The molecule has 1 aliphatic heterocycles. The van der Waals surface area contributed by atoms with Gasteiger partial charge in [-0.3, -0.25) is 9.59 Å². The van der Waals surface area contributed by atoms with Crippen molar-refractivity contribution in [2.24, 2.45) is 11.7 Å². The summed E-state index contributed by atoms with van der Waals surface area (Å²) in [5.74, 6) is -0.592. The van der Waals surface area contributed by atoms with Gasteiger partial charge in [0.05, 0.1) is 16.6 Å². The first kappa shape index (κ1) is 15.7. The van der Waals surface area contributed by atoms with E-state index in [2.05, 4.69) is 17.1 Å². The predicted molar refractivity (Wildman–Crippen MR) is 89.3 cm³/mol. The third kappa shape index (κ3) is 3.42.